The summed E-state index contributed by atoms with van der Waals surface area (Å²) >= 11 is 8.01. The SMILES string of the molecule is C#CCOC(=O)NC1CN(c2nc(Sc3ccc4ccc(C(=O)O)nc4c3)nc3[nH]c(CC)c(Cl)c23)C1. The first-order chi connectivity index (χ1) is 17.9. The first-order valence-electron chi connectivity index (χ1n) is 11.4. The lowest BCUT2D eigenvalue weighted by atomic mass is 10.1. The molecule has 12 heteroatoms. The molecule has 1 aliphatic rings. The minimum absolute atomic E-state index is 0.0214. The van der Waals surface area contributed by atoms with E-state index in [1.807, 2.05) is 30.0 Å². The number of ether oxygens (including phenoxy) is 1. The summed E-state index contributed by atoms with van der Waals surface area (Å²) in [6.07, 6.45) is 5.27. The van der Waals surface area contributed by atoms with Crippen molar-refractivity contribution < 1.29 is 19.4 Å². The maximum absolute atomic E-state index is 11.8. The van der Waals surface area contributed by atoms with Gasteiger partial charge in [-0.2, -0.15) is 0 Å². The molecule has 10 nitrogen and oxygen atoms in total. The molecule has 0 unspecified atom stereocenters. The average Bonchev–Trinajstić information content (AvgIpc) is 3.19. The Hall–Kier alpha value is -4.01. The van der Waals surface area contributed by atoms with Gasteiger partial charge in [-0.15, -0.1) is 6.42 Å². The van der Waals surface area contributed by atoms with Crippen molar-refractivity contribution in [3.63, 3.8) is 0 Å². The number of rotatable bonds is 7. The highest BCUT2D eigenvalue weighted by Crippen LogP contribution is 2.38. The number of aryl methyl sites for hydroxylation is 1. The number of halogens is 1. The number of carboxylic acids is 1. The molecule has 3 aromatic heterocycles. The van der Waals surface area contributed by atoms with Gasteiger partial charge in [0.2, 0.25) is 0 Å². The molecule has 1 aromatic carbocycles. The number of nitrogens with zero attached hydrogens (tertiary/aromatic N) is 4. The maximum Gasteiger partial charge on any atom is 0.408 e. The Bertz CT molecular complexity index is 1580. The second-order valence-electron chi connectivity index (χ2n) is 8.31. The molecule has 188 valence electrons. The molecule has 4 aromatic rings. The van der Waals surface area contributed by atoms with E-state index in [9.17, 15) is 14.7 Å². The predicted octanol–water partition coefficient (Wildman–Crippen LogP) is 4.12. The van der Waals surface area contributed by atoms with Crippen molar-refractivity contribution in [3.8, 4) is 12.3 Å². The van der Waals surface area contributed by atoms with E-state index < -0.39 is 12.1 Å². The highest BCUT2D eigenvalue weighted by atomic mass is 35.5. The van der Waals surface area contributed by atoms with Crippen LogP contribution in [0.2, 0.25) is 5.02 Å². The van der Waals surface area contributed by atoms with Crippen molar-refractivity contribution in [1.82, 2.24) is 25.3 Å². The number of aromatic amines is 1. The summed E-state index contributed by atoms with van der Waals surface area (Å²) in [4.78, 5) is 43.0. The van der Waals surface area contributed by atoms with Crippen LogP contribution in [-0.4, -0.2) is 62.8 Å². The van der Waals surface area contributed by atoms with Gasteiger partial charge >= 0.3 is 12.1 Å². The van der Waals surface area contributed by atoms with Crippen molar-refractivity contribution in [2.24, 2.45) is 0 Å². The molecule has 1 aliphatic heterocycles. The van der Waals surface area contributed by atoms with Crippen molar-refractivity contribution >= 4 is 63.2 Å². The summed E-state index contributed by atoms with van der Waals surface area (Å²) in [5, 5.41) is 14.7. The van der Waals surface area contributed by atoms with E-state index in [2.05, 4.69) is 21.2 Å². The van der Waals surface area contributed by atoms with Gasteiger partial charge < -0.3 is 25.0 Å². The zero-order valence-corrected chi connectivity index (χ0v) is 21.2. The van der Waals surface area contributed by atoms with Gasteiger partial charge in [-0.1, -0.05) is 36.6 Å². The van der Waals surface area contributed by atoms with E-state index in [0.717, 1.165) is 21.4 Å². The van der Waals surface area contributed by atoms with E-state index in [-0.39, 0.29) is 18.3 Å². The Morgan fingerprint density at radius 1 is 1.30 bits per heavy atom. The van der Waals surface area contributed by atoms with Gasteiger partial charge in [0.05, 0.1) is 22.0 Å². The van der Waals surface area contributed by atoms with Gasteiger partial charge in [-0.3, -0.25) is 0 Å². The van der Waals surface area contributed by atoms with Crippen LogP contribution in [0.3, 0.4) is 0 Å². The predicted molar refractivity (Wildman–Crippen MR) is 140 cm³/mol. The smallest absolute Gasteiger partial charge is 0.408 e. The minimum atomic E-state index is -1.08. The largest absolute Gasteiger partial charge is 0.477 e. The number of carbonyl (C=O) groups excluding carboxylic acids is 1. The lowest BCUT2D eigenvalue weighted by Gasteiger charge is -2.40. The monoisotopic (exact) mass is 536 g/mol. The molecule has 3 N–H and O–H groups in total. The fourth-order valence-corrected chi connectivity index (χ4v) is 5.17. The van der Waals surface area contributed by atoms with E-state index in [1.54, 1.807) is 6.07 Å². The molecule has 4 heterocycles. The maximum atomic E-state index is 11.8. The average molecular weight is 537 g/mol. The van der Waals surface area contributed by atoms with Crippen LogP contribution in [0.25, 0.3) is 21.9 Å². The number of pyridine rings is 1. The van der Waals surface area contributed by atoms with Gasteiger partial charge in [-0.05, 0) is 36.4 Å². The van der Waals surface area contributed by atoms with Crippen LogP contribution in [0.5, 0.6) is 0 Å². The molecule has 0 atom stereocenters. The lowest BCUT2D eigenvalue weighted by Crippen LogP contribution is -2.59. The van der Waals surface area contributed by atoms with Crippen LogP contribution in [0, 0.1) is 12.3 Å². The van der Waals surface area contributed by atoms with Crippen LogP contribution >= 0.6 is 23.4 Å². The van der Waals surface area contributed by atoms with Crippen molar-refractivity contribution in [2.75, 3.05) is 24.6 Å². The molecular formula is C25H21ClN6O4S. The summed E-state index contributed by atoms with van der Waals surface area (Å²) in [6, 6.07) is 8.68. The van der Waals surface area contributed by atoms with Crippen LogP contribution in [-0.2, 0) is 11.2 Å². The first-order valence-corrected chi connectivity index (χ1v) is 12.6. The number of carboxylic acid groups (broad SMARTS) is 1. The number of hydrogen-bond acceptors (Lipinski definition) is 8. The number of terminal acetylenes is 1. The van der Waals surface area contributed by atoms with E-state index in [1.165, 1.54) is 17.8 Å². The highest BCUT2D eigenvalue weighted by Gasteiger charge is 2.32. The fourth-order valence-electron chi connectivity index (χ4n) is 4.03. The molecule has 1 amide bonds. The van der Waals surface area contributed by atoms with E-state index >= 15 is 0 Å². The number of nitrogens with one attached hydrogen (secondary N) is 2. The van der Waals surface area contributed by atoms with Crippen LogP contribution in [0.15, 0.2) is 40.4 Å². The Morgan fingerprint density at radius 3 is 2.81 bits per heavy atom. The number of anilines is 1. The molecular weight excluding hydrogens is 516 g/mol. The van der Waals surface area contributed by atoms with E-state index in [0.29, 0.717) is 46.7 Å². The molecule has 37 heavy (non-hydrogen) atoms. The molecule has 1 fully saturated rings. The molecule has 0 spiro atoms. The fraction of sp³-hybridized carbons (Fsp3) is 0.240. The molecule has 0 saturated carbocycles. The summed E-state index contributed by atoms with van der Waals surface area (Å²) in [5.74, 6) is 1.84. The third-order valence-electron chi connectivity index (χ3n) is 5.86. The van der Waals surface area contributed by atoms with Gasteiger partial charge in [0.1, 0.15) is 17.2 Å². The number of aromatic carboxylic acids is 1. The van der Waals surface area contributed by atoms with Gasteiger partial charge in [0.15, 0.2) is 11.8 Å². The number of hydrogen-bond donors (Lipinski definition) is 3. The Morgan fingerprint density at radius 2 is 2.08 bits per heavy atom. The van der Waals surface area contributed by atoms with Gasteiger partial charge in [0, 0.05) is 29.1 Å². The molecule has 5 rings (SSSR count). The number of aromatic nitrogens is 4. The van der Waals surface area contributed by atoms with Crippen molar-refractivity contribution in [2.45, 2.75) is 29.4 Å². The summed E-state index contributed by atoms with van der Waals surface area (Å²) in [6.45, 7) is 2.94. The number of amides is 1. The normalized spacial score (nSPS) is 13.4. The van der Waals surface area contributed by atoms with Gasteiger partial charge in [0.25, 0.3) is 0 Å². The Balaban J connectivity index is 1.44. The zero-order valence-electron chi connectivity index (χ0n) is 19.6. The number of benzene rings is 1. The molecule has 0 radical (unpaired) electrons. The number of H-pyrrole nitrogens is 1. The summed E-state index contributed by atoms with van der Waals surface area (Å²) in [7, 11) is 0. The number of alkyl carbamates (subject to hydrolysis) is 1. The Kier molecular flexibility index (Phi) is 6.78. The molecule has 0 aliphatic carbocycles. The lowest BCUT2D eigenvalue weighted by molar-refractivity contribution is 0.0691. The quantitative estimate of drug-likeness (QED) is 0.235. The second kappa shape index (κ2) is 10.2. The minimum Gasteiger partial charge on any atom is -0.477 e. The van der Waals surface area contributed by atoms with Crippen LogP contribution < -0.4 is 10.2 Å². The van der Waals surface area contributed by atoms with Crippen LogP contribution in [0.1, 0.15) is 23.1 Å². The molecule has 0 bridgehead atoms. The highest BCUT2D eigenvalue weighted by molar-refractivity contribution is 7.99. The zero-order chi connectivity index (χ0) is 26.1. The van der Waals surface area contributed by atoms with Crippen molar-refractivity contribution in [1.29, 1.82) is 0 Å². The number of fused-ring (bicyclic) bond motifs is 2. The summed E-state index contributed by atoms with van der Waals surface area (Å²) in [5.41, 5.74) is 2.02. The standard InChI is InChI=1S/C25H21ClN6O4S/c1-3-9-36-25(35)27-14-11-32(12-14)22-19-20(26)16(4-2)29-21(19)30-24(31-22)37-15-7-5-13-6-8-17(23(33)34)28-18(13)10-15/h1,5-8,10,14H,4,9,11-12H2,2H3,(H,27,35)(H,33,34)(H,29,30,31). The van der Waals surface area contributed by atoms with Crippen LogP contribution in [0.4, 0.5) is 10.6 Å². The Labute approximate surface area is 220 Å². The van der Waals surface area contributed by atoms with Gasteiger partial charge in [-0.25, -0.2) is 24.5 Å². The summed E-state index contributed by atoms with van der Waals surface area (Å²) < 4.78 is 4.88. The first kappa shape index (κ1) is 24.7. The van der Waals surface area contributed by atoms with Crippen molar-refractivity contribution in [3.05, 3.63) is 46.7 Å². The third-order valence-corrected chi connectivity index (χ3v) is 7.13. The van der Waals surface area contributed by atoms with E-state index in [4.69, 9.17) is 32.7 Å². The topological polar surface area (TPSA) is 133 Å². The number of carbonyl (C=O) groups is 2. The second-order valence-corrected chi connectivity index (χ2v) is 9.73. The molecule has 1 saturated heterocycles. The third kappa shape index (κ3) is 4.98.